The summed E-state index contributed by atoms with van der Waals surface area (Å²) in [6.45, 7) is 4.35. The van der Waals surface area contributed by atoms with E-state index in [2.05, 4.69) is 23.8 Å². The highest BCUT2D eigenvalue weighted by Gasteiger charge is 2.61. The zero-order chi connectivity index (χ0) is 17.8. The topological polar surface area (TPSA) is 99.1 Å². The summed E-state index contributed by atoms with van der Waals surface area (Å²) >= 11 is 0. The molecule has 7 heteroatoms. The first-order valence-corrected chi connectivity index (χ1v) is 10.3. The Hall–Kier alpha value is -1.73. The summed E-state index contributed by atoms with van der Waals surface area (Å²) in [6.07, 6.45) is 8.39. The maximum absolute atomic E-state index is 11.4. The van der Waals surface area contributed by atoms with Gasteiger partial charge < -0.3 is 4.42 Å². The Bertz CT molecular complexity index is 881. The van der Waals surface area contributed by atoms with Crippen molar-refractivity contribution in [3.63, 3.8) is 0 Å². The smallest absolute Gasteiger partial charge is 0.255 e. The van der Waals surface area contributed by atoms with Crippen LogP contribution in [0, 0.1) is 5.41 Å². The van der Waals surface area contributed by atoms with E-state index in [1.807, 2.05) is 6.20 Å². The molecular weight excluding hydrogens is 338 g/mol. The van der Waals surface area contributed by atoms with Crippen LogP contribution in [0.1, 0.15) is 74.5 Å². The van der Waals surface area contributed by atoms with Crippen LogP contribution in [-0.2, 0) is 10.0 Å². The number of aromatic nitrogens is 2. The Morgan fingerprint density at radius 3 is 2.44 bits per heavy atom. The number of rotatable bonds is 4. The quantitative estimate of drug-likeness (QED) is 0.901. The minimum Gasteiger partial charge on any atom is -0.445 e. The van der Waals surface area contributed by atoms with Gasteiger partial charge in [0.25, 0.3) is 10.0 Å². The van der Waals surface area contributed by atoms with Gasteiger partial charge in [-0.25, -0.2) is 23.5 Å². The fourth-order valence-electron chi connectivity index (χ4n) is 4.31. The van der Waals surface area contributed by atoms with Crippen molar-refractivity contribution in [2.75, 3.05) is 0 Å². The van der Waals surface area contributed by atoms with Crippen molar-refractivity contribution in [3.8, 4) is 0 Å². The third kappa shape index (κ3) is 2.89. The number of nitrogens with two attached hydrogens (primary N) is 1. The molecule has 0 bridgehead atoms. The molecule has 0 unspecified atom stereocenters. The monoisotopic (exact) mass is 361 g/mol. The molecule has 0 saturated heterocycles. The summed E-state index contributed by atoms with van der Waals surface area (Å²) in [7, 11) is -3.77. The lowest BCUT2D eigenvalue weighted by atomic mass is 10.1. The molecule has 2 saturated carbocycles. The third-order valence-electron chi connectivity index (χ3n) is 5.80. The molecule has 2 aliphatic carbocycles. The van der Waals surface area contributed by atoms with Crippen molar-refractivity contribution in [1.82, 2.24) is 9.97 Å². The van der Waals surface area contributed by atoms with Crippen LogP contribution in [0.15, 0.2) is 34.0 Å². The van der Waals surface area contributed by atoms with Crippen LogP contribution in [0.2, 0.25) is 0 Å². The predicted molar refractivity (Wildman–Crippen MR) is 92.6 cm³/mol. The van der Waals surface area contributed by atoms with E-state index >= 15 is 0 Å². The average Bonchev–Trinajstić information content (AvgIpc) is 3.03. The van der Waals surface area contributed by atoms with E-state index in [9.17, 15) is 8.42 Å². The number of primary sulfonamides is 1. The lowest BCUT2D eigenvalue weighted by molar-refractivity contribution is 0.411. The van der Waals surface area contributed by atoms with E-state index in [0.29, 0.717) is 5.92 Å². The van der Waals surface area contributed by atoms with Gasteiger partial charge in [-0.05, 0) is 29.9 Å². The van der Waals surface area contributed by atoms with Gasteiger partial charge in [-0.3, -0.25) is 0 Å². The Labute approximate surface area is 147 Å². The van der Waals surface area contributed by atoms with E-state index in [-0.39, 0.29) is 22.3 Å². The summed E-state index contributed by atoms with van der Waals surface area (Å²) in [6, 6.07) is 3.26. The van der Waals surface area contributed by atoms with Crippen LogP contribution in [0.25, 0.3) is 0 Å². The minimum atomic E-state index is -3.77. The minimum absolute atomic E-state index is 0.00257. The van der Waals surface area contributed by atoms with Crippen molar-refractivity contribution in [2.24, 2.45) is 10.6 Å². The van der Waals surface area contributed by atoms with Gasteiger partial charge in [0, 0.05) is 24.0 Å². The maximum atomic E-state index is 11.4. The molecule has 2 N–H and O–H groups in total. The summed E-state index contributed by atoms with van der Waals surface area (Å²) in [5.74, 6) is 2.70. The fraction of sp³-hybridized carbons (Fsp3) is 0.556. The Morgan fingerprint density at radius 1 is 1.12 bits per heavy atom. The van der Waals surface area contributed by atoms with Gasteiger partial charge in [-0.1, -0.05) is 32.8 Å². The molecule has 0 radical (unpaired) electrons. The molecule has 25 heavy (non-hydrogen) atoms. The molecule has 0 aliphatic heterocycles. The SMILES string of the molecule is CC1(C)[C@H](c2ccc(S(N)(=O)=O)nc2)[C@H]1c1ncc(C2CCCC2)o1. The molecule has 0 spiro atoms. The standard InChI is InChI=1S/C18H23N3O3S/c1-18(2)15(12-7-8-14(20-9-12)25(19,22)23)16(18)17-21-10-13(24-17)11-5-3-4-6-11/h7-11,15-16H,3-6H2,1-2H3,(H2,19,22,23)/t15-,16+/m1/s1. The van der Waals surface area contributed by atoms with Crippen LogP contribution in [0.4, 0.5) is 0 Å². The van der Waals surface area contributed by atoms with Crippen LogP contribution in [0.5, 0.6) is 0 Å². The van der Waals surface area contributed by atoms with Gasteiger partial charge in [0.2, 0.25) is 0 Å². The highest BCUT2D eigenvalue weighted by Crippen LogP contribution is 2.69. The van der Waals surface area contributed by atoms with E-state index in [4.69, 9.17) is 9.56 Å². The second-order valence-corrected chi connectivity index (χ2v) is 9.34. The number of nitrogens with zero attached hydrogens (tertiary/aromatic N) is 2. The summed E-state index contributed by atoms with van der Waals surface area (Å²) < 4.78 is 28.8. The van der Waals surface area contributed by atoms with E-state index in [1.54, 1.807) is 12.3 Å². The van der Waals surface area contributed by atoms with Crippen molar-refractivity contribution < 1.29 is 12.8 Å². The summed E-state index contributed by atoms with van der Waals surface area (Å²) in [4.78, 5) is 8.56. The third-order valence-corrected chi connectivity index (χ3v) is 6.63. The second-order valence-electron chi connectivity index (χ2n) is 7.83. The molecule has 134 valence electrons. The number of pyridine rings is 1. The molecule has 2 fully saturated rings. The Balaban J connectivity index is 1.57. The number of hydrogen-bond donors (Lipinski definition) is 1. The van der Waals surface area contributed by atoms with Crippen LogP contribution >= 0.6 is 0 Å². The molecule has 0 aromatic carbocycles. The summed E-state index contributed by atoms with van der Waals surface area (Å²) in [5, 5.41) is 5.01. The molecule has 2 atom stereocenters. The van der Waals surface area contributed by atoms with Crippen molar-refractivity contribution >= 4 is 10.0 Å². The van der Waals surface area contributed by atoms with E-state index < -0.39 is 10.0 Å². The molecule has 2 aliphatic rings. The Kier molecular flexibility index (Phi) is 3.77. The molecular formula is C18H23N3O3S. The largest absolute Gasteiger partial charge is 0.445 e. The van der Waals surface area contributed by atoms with Gasteiger partial charge in [0.15, 0.2) is 10.9 Å². The van der Waals surface area contributed by atoms with Crippen molar-refractivity contribution in [1.29, 1.82) is 0 Å². The molecule has 6 nitrogen and oxygen atoms in total. The predicted octanol–water partition coefficient (Wildman–Crippen LogP) is 3.28. The molecule has 2 aromatic heterocycles. The van der Waals surface area contributed by atoms with Crippen LogP contribution in [0.3, 0.4) is 0 Å². The first-order chi connectivity index (χ1) is 11.8. The van der Waals surface area contributed by atoms with Gasteiger partial charge in [-0.2, -0.15) is 0 Å². The van der Waals surface area contributed by atoms with Crippen LogP contribution < -0.4 is 5.14 Å². The highest BCUT2D eigenvalue weighted by molar-refractivity contribution is 7.89. The first kappa shape index (κ1) is 16.7. The highest BCUT2D eigenvalue weighted by atomic mass is 32.2. The molecule has 2 aromatic rings. The number of oxazole rings is 1. The Morgan fingerprint density at radius 2 is 1.84 bits per heavy atom. The van der Waals surface area contributed by atoms with Gasteiger partial charge in [0.05, 0.1) is 6.20 Å². The zero-order valence-electron chi connectivity index (χ0n) is 14.5. The first-order valence-electron chi connectivity index (χ1n) is 8.73. The fourth-order valence-corrected chi connectivity index (χ4v) is 4.77. The van der Waals surface area contributed by atoms with Crippen molar-refractivity contribution in [3.05, 3.63) is 41.7 Å². The zero-order valence-corrected chi connectivity index (χ0v) is 15.3. The van der Waals surface area contributed by atoms with Crippen molar-refractivity contribution in [2.45, 2.75) is 62.3 Å². The lowest BCUT2D eigenvalue weighted by Gasteiger charge is -2.03. The number of hydrogen-bond acceptors (Lipinski definition) is 5. The van der Waals surface area contributed by atoms with Gasteiger partial charge in [0.1, 0.15) is 5.76 Å². The number of sulfonamides is 1. The lowest BCUT2D eigenvalue weighted by Crippen LogP contribution is -2.13. The van der Waals surface area contributed by atoms with Gasteiger partial charge in [-0.15, -0.1) is 0 Å². The van der Waals surface area contributed by atoms with E-state index in [1.165, 1.54) is 31.7 Å². The second kappa shape index (κ2) is 5.64. The average molecular weight is 361 g/mol. The van der Waals surface area contributed by atoms with Gasteiger partial charge >= 0.3 is 0 Å². The molecule has 2 heterocycles. The maximum Gasteiger partial charge on any atom is 0.255 e. The van der Waals surface area contributed by atoms with E-state index in [0.717, 1.165) is 17.2 Å². The molecule has 0 amide bonds. The molecule has 4 rings (SSSR count). The summed E-state index contributed by atoms with van der Waals surface area (Å²) in [5.41, 5.74) is 0.991. The normalized spacial score (nSPS) is 26.0. The van der Waals surface area contributed by atoms with Crippen LogP contribution in [-0.4, -0.2) is 18.4 Å².